The van der Waals surface area contributed by atoms with Gasteiger partial charge in [-0.15, -0.1) is 0 Å². The lowest BCUT2D eigenvalue weighted by molar-refractivity contribution is -0.384. The normalized spacial score (nSPS) is 15.4. The lowest BCUT2D eigenvalue weighted by Gasteiger charge is -2.29. The van der Waals surface area contributed by atoms with Crippen LogP contribution >= 0.6 is 15.9 Å². The Morgan fingerprint density at radius 2 is 1.80 bits per heavy atom. The summed E-state index contributed by atoms with van der Waals surface area (Å²) >= 11 is 3.23. The molecule has 2 aromatic carbocycles. The molecule has 35 heavy (non-hydrogen) atoms. The van der Waals surface area contributed by atoms with E-state index < -0.39 is 28.6 Å². The molecule has 12 nitrogen and oxygen atoms in total. The number of hydrogen-bond donors (Lipinski definition) is 2. The zero-order chi connectivity index (χ0) is 25.1. The molecule has 2 N–H and O–H groups in total. The highest BCUT2D eigenvalue weighted by atomic mass is 79.9. The number of ether oxygens (including phenoxy) is 2. The SMILES string of the molecule is COc1ccc(-c2nc(NN3C(=O)C=CC(=O)OC3c3ccc([N+](=O)[O-])cc3)[nH]c(=O)c2Br)cc1. The van der Waals surface area contributed by atoms with Gasteiger partial charge in [0.1, 0.15) is 10.2 Å². The standard InChI is InChI=1S/C22H16BrN5O7/c1-34-15-8-4-12(5-9-15)19-18(23)20(31)25-22(24-19)26-27-16(29)10-11-17(30)35-21(27)13-2-6-14(7-3-13)28(32)33/h2-11,21H,1H3,(H2,24,25,26,31). The predicted octanol–water partition coefficient (Wildman–Crippen LogP) is 3.08. The number of aromatic amines is 1. The quantitative estimate of drug-likeness (QED) is 0.271. The van der Waals surface area contributed by atoms with Gasteiger partial charge in [0.05, 0.1) is 17.7 Å². The van der Waals surface area contributed by atoms with Crippen LogP contribution in [0.4, 0.5) is 11.6 Å². The highest BCUT2D eigenvalue weighted by molar-refractivity contribution is 9.10. The Balaban J connectivity index is 1.72. The first-order valence-electron chi connectivity index (χ1n) is 9.94. The van der Waals surface area contributed by atoms with Gasteiger partial charge >= 0.3 is 5.97 Å². The number of anilines is 1. The number of amides is 1. The van der Waals surface area contributed by atoms with E-state index in [2.05, 4.69) is 31.3 Å². The van der Waals surface area contributed by atoms with E-state index in [1.54, 1.807) is 24.3 Å². The van der Waals surface area contributed by atoms with E-state index in [0.717, 1.165) is 17.2 Å². The molecule has 178 valence electrons. The van der Waals surface area contributed by atoms with Crippen LogP contribution < -0.4 is 15.7 Å². The number of carbonyl (C=O) groups is 2. The van der Waals surface area contributed by atoms with E-state index in [9.17, 15) is 24.5 Å². The van der Waals surface area contributed by atoms with Gasteiger partial charge < -0.3 is 9.47 Å². The largest absolute Gasteiger partial charge is 0.497 e. The van der Waals surface area contributed by atoms with Crippen LogP contribution in [-0.4, -0.2) is 38.9 Å². The molecule has 0 bridgehead atoms. The molecule has 1 atom stereocenters. The molecule has 1 aromatic heterocycles. The van der Waals surface area contributed by atoms with Gasteiger partial charge in [0, 0.05) is 35.4 Å². The van der Waals surface area contributed by atoms with Crippen molar-refractivity contribution >= 4 is 39.4 Å². The van der Waals surface area contributed by atoms with Crippen molar-refractivity contribution < 1.29 is 24.0 Å². The monoisotopic (exact) mass is 541 g/mol. The van der Waals surface area contributed by atoms with Gasteiger partial charge in [-0.05, 0) is 52.3 Å². The maximum atomic E-state index is 12.8. The van der Waals surface area contributed by atoms with Crippen molar-refractivity contribution in [2.24, 2.45) is 0 Å². The number of benzene rings is 2. The Morgan fingerprint density at radius 1 is 1.11 bits per heavy atom. The van der Waals surface area contributed by atoms with Crippen LogP contribution in [0, 0.1) is 10.1 Å². The number of halogens is 1. The van der Waals surface area contributed by atoms with Gasteiger partial charge in [-0.3, -0.25) is 30.1 Å². The smallest absolute Gasteiger partial charge is 0.333 e. The molecular weight excluding hydrogens is 526 g/mol. The Labute approximate surface area is 205 Å². The lowest BCUT2D eigenvalue weighted by atomic mass is 10.1. The summed E-state index contributed by atoms with van der Waals surface area (Å²) in [5, 5.41) is 11.9. The highest BCUT2D eigenvalue weighted by Gasteiger charge is 2.31. The minimum Gasteiger partial charge on any atom is -0.497 e. The number of aromatic nitrogens is 2. The Bertz CT molecular complexity index is 1390. The number of nitro groups is 1. The van der Waals surface area contributed by atoms with Gasteiger partial charge in [-0.25, -0.2) is 14.8 Å². The highest BCUT2D eigenvalue weighted by Crippen LogP contribution is 2.29. The Hall–Kier alpha value is -4.52. The molecular formula is C22H16BrN5O7. The van der Waals surface area contributed by atoms with Crippen molar-refractivity contribution in [2.75, 3.05) is 12.5 Å². The molecule has 4 rings (SSSR count). The van der Waals surface area contributed by atoms with Crippen molar-refractivity contribution in [1.29, 1.82) is 0 Å². The van der Waals surface area contributed by atoms with Gasteiger partial charge in [-0.1, -0.05) is 0 Å². The maximum Gasteiger partial charge on any atom is 0.333 e. The van der Waals surface area contributed by atoms with Crippen LogP contribution in [0.5, 0.6) is 5.75 Å². The summed E-state index contributed by atoms with van der Waals surface area (Å²) in [6.07, 6.45) is 0.620. The number of hydrazine groups is 1. The summed E-state index contributed by atoms with van der Waals surface area (Å²) in [5.74, 6) is -0.989. The molecule has 13 heteroatoms. The number of non-ortho nitro benzene ring substituents is 1. The van der Waals surface area contributed by atoms with Crippen LogP contribution in [0.3, 0.4) is 0 Å². The third-order valence-corrected chi connectivity index (χ3v) is 5.64. The number of H-pyrrole nitrogens is 1. The van der Waals surface area contributed by atoms with Crippen LogP contribution in [0.2, 0.25) is 0 Å². The minimum absolute atomic E-state index is 0.115. The van der Waals surface area contributed by atoms with Crippen molar-refractivity contribution in [3.05, 3.63) is 91.2 Å². The Morgan fingerprint density at radius 3 is 2.43 bits per heavy atom. The molecule has 1 aliphatic rings. The number of methoxy groups -OCH3 is 1. The van der Waals surface area contributed by atoms with Crippen LogP contribution in [0.1, 0.15) is 11.8 Å². The minimum atomic E-state index is -1.32. The van der Waals surface area contributed by atoms with E-state index in [4.69, 9.17) is 9.47 Å². The number of cyclic esters (lactones) is 1. The van der Waals surface area contributed by atoms with Crippen molar-refractivity contribution in [2.45, 2.75) is 6.23 Å². The van der Waals surface area contributed by atoms with Gasteiger partial charge in [0.2, 0.25) is 12.2 Å². The predicted molar refractivity (Wildman–Crippen MR) is 126 cm³/mol. The Kier molecular flexibility index (Phi) is 6.59. The molecule has 1 aliphatic heterocycles. The van der Waals surface area contributed by atoms with Crippen molar-refractivity contribution in [3.8, 4) is 17.0 Å². The fourth-order valence-corrected chi connectivity index (χ4v) is 3.61. The molecule has 3 aromatic rings. The first kappa shape index (κ1) is 23.6. The van der Waals surface area contributed by atoms with Crippen LogP contribution in [0.25, 0.3) is 11.3 Å². The van der Waals surface area contributed by atoms with E-state index in [1.807, 2.05) is 0 Å². The first-order valence-corrected chi connectivity index (χ1v) is 10.7. The van der Waals surface area contributed by atoms with E-state index in [0.29, 0.717) is 11.3 Å². The summed E-state index contributed by atoms with van der Waals surface area (Å²) in [6.45, 7) is 0. The molecule has 0 aliphatic carbocycles. The first-order chi connectivity index (χ1) is 16.8. The second-order valence-electron chi connectivity index (χ2n) is 7.10. The van der Waals surface area contributed by atoms with E-state index >= 15 is 0 Å². The van der Waals surface area contributed by atoms with Gasteiger partial charge in [0.25, 0.3) is 17.2 Å². The van der Waals surface area contributed by atoms with Gasteiger partial charge in [0.15, 0.2) is 0 Å². The van der Waals surface area contributed by atoms with Gasteiger partial charge in [-0.2, -0.15) is 0 Å². The number of nitrogens with zero attached hydrogens (tertiary/aromatic N) is 3. The van der Waals surface area contributed by atoms with Crippen molar-refractivity contribution in [3.63, 3.8) is 0 Å². The molecule has 0 spiro atoms. The number of nitro benzene ring substituents is 1. The lowest BCUT2D eigenvalue weighted by Crippen LogP contribution is -2.40. The number of nitrogens with one attached hydrogen (secondary N) is 2. The summed E-state index contributed by atoms with van der Waals surface area (Å²) in [5.41, 5.74) is 3.11. The fourth-order valence-electron chi connectivity index (χ4n) is 3.19. The number of carbonyl (C=O) groups excluding carboxylic acids is 2. The van der Waals surface area contributed by atoms with Crippen LogP contribution in [-0.2, 0) is 14.3 Å². The third kappa shape index (κ3) is 5.04. The molecule has 2 heterocycles. The summed E-state index contributed by atoms with van der Waals surface area (Å²) in [7, 11) is 1.53. The average molecular weight is 542 g/mol. The number of hydrogen-bond acceptors (Lipinski definition) is 9. The summed E-state index contributed by atoms with van der Waals surface area (Å²) in [4.78, 5) is 54.7. The van der Waals surface area contributed by atoms with E-state index in [1.165, 1.54) is 31.4 Å². The zero-order valence-corrected chi connectivity index (χ0v) is 19.5. The second kappa shape index (κ2) is 9.77. The second-order valence-corrected chi connectivity index (χ2v) is 7.89. The molecule has 0 fully saturated rings. The maximum absolute atomic E-state index is 12.8. The molecule has 1 amide bonds. The number of rotatable bonds is 6. The molecule has 1 unspecified atom stereocenters. The number of esters is 1. The van der Waals surface area contributed by atoms with Crippen molar-refractivity contribution in [1.82, 2.24) is 15.0 Å². The molecule has 0 radical (unpaired) electrons. The topological polar surface area (TPSA) is 157 Å². The average Bonchev–Trinajstić information content (AvgIpc) is 3.00. The third-order valence-electron chi connectivity index (χ3n) is 4.90. The van der Waals surface area contributed by atoms with E-state index in [-0.39, 0.29) is 27.4 Å². The molecule has 0 saturated heterocycles. The summed E-state index contributed by atoms with van der Waals surface area (Å²) < 4.78 is 10.7. The molecule has 0 saturated carbocycles. The fraction of sp³-hybridized carbons (Fsp3) is 0.0909. The zero-order valence-electron chi connectivity index (χ0n) is 17.9. The van der Waals surface area contributed by atoms with Crippen LogP contribution in [0.15, 0.2) is 70.0 Å². The summed E-state index contributed by atoms with van der Waals surface area (Å²) in [6, 6.07) is 11.9.